The van der Waals surface area contributed by atoms with Crippen LogP contribution in [0.1, 0.15) is 36.2 Å². The van der Waals surface area contributed by atoms with Gasteiger partial charge in [0.1, 0.15) is 0 Å². The first-order chi connectivity index (χ1) is 9.58. The predicted octanol–water partition coefficient (Wildman–Crippen LogP) is 1.84. The van der Waals surface area contributed by atoms with Gasteiger partial charge in [0, 0.05) is 38.9 Å². The molecule has 2 rings (SSSR count). The number of aromatic nitrogens is 2. The second kappa shape index (κ2) is 6.88. The van der Waals surface area contributed by atoms with Gasteiger partial charge in [-0.2, -0.15) is 5.10 Å². The van der Waals surface area contributed by atoms with Gasteiger partial charge >= 0.3 is 0 Å². The van der Waals surface area contributed by atoms with Crippen LogP contribution in [0.5, 0.6) is 0 Å². The lowest BCUT2D eigenvalue weighted by Crippen LogP contribution is -2.29. The third-order valence-electron chi connectivity index (χ3n) is 4.11. The van der Waals surface area contributed by atoms with Crippen molar-refractivity contribution in [2.75, 3.05) is 26.8 Å². The first kappa shape index (κ1) is 15.0. The van der Waals surface area contributed by atoms with Crippen molar-refractivity contribution in [1.82, 2.24) is 15.1 Å². The Labute approximate surface area is 120 Å². The Hall–Kier alpha value is -1.36. The molecule has 1 N–H and O–H groups in total. The van der Waals surface area contributed by atoms with E-state index in [1.54, 1.807) is 0 Å². The van der Waals surface area contributed by atoms with E-state index in [1.807, 2.05) is 25.8 Å². The second-order valence-electron chi connectivity index (χ2n) is 5.77. The normalized spacial score (nSPS) is 18.4. The van der Waals surface area contributed by atoms with E-state index in [9.17, 15) is 4.79 Å². The van der Waals surface area contributed by atoms with Crippen LogP contribution in [-0.4, -0.2) is 47.8 Å². The van der Waals surface area contributed by atoms with Gasteiger partial charge in [-0.1, -0.05) is 0 Å². The first-order valence-electron chi connectivity index (χ1n) is 7.40. The molecule has 0 bridgehead atoms. The van der Waals surface area contributed by atoms with E-state index in [2.05, 4.69) is 10.2 Å². The Bertz CT molecular complexity index is 430. The Morgan fingerprint density at radius 1 is 1.50 bits per heavy atom. The van der Waals surface area contributed by atoms with Crippen LogP contribution in [0.2, 0.25) is 0 Å². The third kappa shape index (κ3) is 3.82. The molecular formula is C15H25N3O2. The number of nitrogens with one attached hydrogen (secondary N) is 1. The van der Waals surface area contributed by atoms with Gasteiger partial charge in [-0.05, 0) is 44.6 Å². The number of ether oxygens (including phenoxy) is 1. The molecule has 0 aliphatic carbocycles. The summed E-state index contributed by atoms with van der Waals surface area (Å²) in [6.45, 7) is 6.42. The van der Waals surface area contributed by atoms with Gasteiger partial charge in [-0.3, -0.25) is 9.89 Å². The fourth-order valence-electron chi connectivity index (χ4n) is 2.71. The summed E-state index contributed by atoms with van der Waals surface area (Å²) < 4.78 is 5.31. The Morgan fingerprint density at radius 3 is 2.90 bits per heavy atom. The minimum atomic E-state index is 0.237. The van der Waals surface area contributed by atoms with Crippen molar-refractivity contribution < 1.29 is 9.53 Å². The van der Waals surface area contributed by atoms with Crippen LogP contribution in [0.4, 0.5) is 0 Å². The summed E-state index contributed by atoms with van der Waals surface area (Å²) in [6, 6.07) is 0. The van der Waals surface area contributed by atoms with Gasteiger partial charge in [0.15, 0.2) is 0 Å². The number of amides is 1. The number of aromatic amines is 1. The second-order valence-corrected chi connectivity index (χ2v) is 5.77. The maximum Gasteiger partial charge on any atom is 0.222 e. The average Bonchev–Trinajstić information content (AvgIpc) is 3.02. The van der Waals surface area contributed by atoms with Gasteiger partial charge in [0.05, 0.1) is 5.69 Å². The smallest absolute Gasteiger partial charge is 0.222 e. The Kier molecular flexibility index (Phi) is 5.17. The molecule has 0 spiro atoms. The summed E-state index contributed by atoms with van der Waals surface area (Å²) in [6.07, 6.45) is 3.59. The van der Waals surface area contributed by atoms with Crippen molar-refractivity contribution in [3.05, 3.63) is 17.0 Å². The van der Waals surface area contributed by atoms with Crippen molar-refractivity contribution in [2.45, 2.75) is 39.5 Å². The molecule has 1 unspecified atom stereocenters. The molecule has 1 saturated heterocycles. The number of nitrogens with zero attached hydrogens (tertiary/aromatic N) is 2. The quantitative estimate of drug-likeness (QED) is 0.864. The SMILES string of the molecule is Cc1n[nH]c(C)c1CCCN(C)C(=O)CC1CCOC1. The molecule has 1 fully saturated rings. The van der Waals surface area contributed by atoms with Gasteiger partial charge in [-0.15, -0.1) is 0 Å². The van der Waals surface area contributed by atoms with E-state index in [-0.39, 0.29) is 5.91 Å². The van der Waals surface area contributed by atoms with Crippen LogP contribution in [0.15, 0.2) is 0 Å². The average molecular weight is 279 g/mol. The monoisotopic (exact) mass is 279 g/mol. The molecule has 0 aromatic carbocycles. The third-order valence-corrected chi connectivity index (χ3v) is 4.11. The van der Waals surface area contributed by atoms with Gasteiger partial charge in [-0.25, -0.2) is 0 Å². The lowest BCUT2D eigenvalue weighted by molar-refractivity contribution is -0.130. The molecule has 112 valence electrons. The standard InChI is InChI=1S/C15H25N3O2/c1-11-14(12(2)17-16-11)5-4-7-18(3)15(19)9-13-6-8-20-10-13/h13H,4-10H2,1-3H3,(H,16,17). The highest BCUT2D eigenvalue weighted by Gasteiger charge is 2.21. The van der Waals surface area contributed by atoms with Crippen molar-refractivity contribution in [1.29, 1.82) is 0 Å². The molecule has 2 heterocycles. The van der Waals surface area contributed by atoms with Crippen LogP contribution in [-0.2, 0) is 16.0 Å². The van der Waals surface area contributed by atoms with E-state index in [1.165, 1.54) is 5.56 Å². The number of hydrogen-bond acceptors (Lipinski definition) is 3. The number of aryl methyl sites for hydroxylation is 2. The zero-order valence-corrected chi connectivity index (χ0v) is 12.7. The van der Waals surface area contributed by atoms with Crippen LogP contribution in [0.3, 0.4) is 0 Å². The summed E-state index contributed by atoms with van der Waals surface area (Å²) in [5.74, 6) is 0.657. The molecule has 5 heteroatoms. The molecule has 20 heavy (non-hydrogen) atoms. The van der Waals surface area contributed by atoms with Crippen molar-refractivity contribution in [2.24, 2.45) is 5.92 Å². The van der Waals surface area contributed by atoms with E-state index < -0.39 is 0 Å². The van der Waals surface area contributed by atoms with Crippen molar-refractivity contribution in [3.63, 3.8) is 0 Å². The number of rotatable bonds is 6. The molecular weight excluding hydrogens is 254 g/mol. The van der Waals surface area contributed by atoms with Crippen molar-refractivity contribution in [3.8, 4) is 0 Å². The van der Waals surface area contributed by atoms with Gasteiger partial charge < -0.3 is 9.64 Å². The first-order valence-corrected chi connectivity index (χ1v) is 7.40. The summed E-state index contributed by atoms with van der Waals surface area (Å²) >= 11 is 0. The van der Waals surface area contributed by atoms with Crippen LogP contribution in [0.25, 0.3) is 0 Å². The largest absolute Gasteiger partial charge is 0.381 e. The van der Waals surface area contributed by atoms with Crippen LogP contribution >= 0.6 is 0 Å². The van der Waals surface area contributed by atoms with Crippen LogP contribution in [0, 0.1) is 19.8 Å². The molecule has 1 amide bonds. The van der Waals surface area contributed by atoms with Crippen molar-refractivity contribution >= 4 is 5.91 Å². The lowest BCUT2D eigenvalue weighted by atomic mass is 10.0. The molecule has 1 aliphatic heterocycles. The zero-order chi connectivity index (χ0) is 14.5. The lowest BCUT2D eigenvalue weighted by Gasteiger charge is -2.18. The predicted molar refractivity (Wildman–Crippen MR) is 77.6 cm³/mol. The summed E-state index contributed by atoms with van der Waals surface area (Å²) in [7, 11) is 1.90. The molecule has 1 aliphatic rings. The highest BCUT2D eigenvalue weighted by Crippen LogP contribution is 2.17. The highest BCUT2D eigenvalue weighted by molar-refractivity contribution is 5.76. The fraction of sp³-hybridized carbons (Fsp3) is 0.733. The molecule has 0 saturated carbocycles. The van der Waals surface area contributed by atoms with E-state index in [0.717, 1.165) is 50.4 Å². The number of carbonyl (C=O) groups is 1. The van der Waals surface area contributed by atoms with Crippen LogP contribution < -0.4 is 0 Å². The maximum atomic E-state index is 12.1. The van der Waals surface area contributed by atoms with E-state index >= 15 is 0 Å². The number of hydrogen-bond donors (Lipinski definition) is 1. The van der Waals surface area contributed by atoms with E-state index in [4.69, 9.17) is 4.74 Å². The molecule has 1 aromatic heterocycles. The summed E-state index contributed by atoms with van der Waals surface area (Å²) in [5.41, 5.74) is 3.49. The highest BCUT2D eigenvalue weighted by atomic mass is 16.5. The topological polar surface area (TPSA) is 58.2 Å². The molecule has 5 nitrogen and oxygen atoms in total. The molecule has 1 atom stereocenters. The van der Waals surface area contributed by atoms with E-state index in [0.29, 0.717) is 12.3 Å². The molecule has 1 aromatic rings. The minimum Gasteiger partial charge on any atom is -0.381 e. The Balaban J connectivity index is 1.71. The number of H-pyrrole nitrogens is 1. The fourth-order valence-corrected chi connectivity index (χ4v) is 2.71. The minimum absolute atomic E-state index is 0.237. The summed E-state index contributed by atoms with van der Waals surface area (Å²) in [4.78, 5) is 13.9. The summed E-state index contributed by atoms with van der Waals surface area (Å²) in [5, 5.41) is 7.20. The number of carbonyl (C=O) groups excluding carboxylic acids is 1. The maximum absolute atomic E-state index is 12.1. The Morgan fingerprint density at radius 2 is 2.30 bits per heavy atom. The van der Waals surface area contributed by atoms with Gasteiger partial charge in [0.2, 0.25) is 5.91 Å². The molecule has 0 radical (unpaired) electrons. The van der Waals surface area contributed by atoms with Gasteiger partial charge in [0.25, 0.3) is 0 Å². The zero-order valence-electron chi connectivity index (χ0n) is 12.7.